The molecule has 0 radical (unpaired) electrons. The van der Waals surface area contributed by atoms with Crippen LogP contribution in [0.3, 0.4) is 0 Å². The average molecular weight is 427 g/mol. The Balaban J connectivity index is 1.46. The van der Waals surface area contributed by atoms with Gasteiger partial charge in [0.05, 0.1) is 19.3 Å². The highest BCUT2D eigenvalue weighted by Crippen LogP contribution is 2.21. The van der Waals surface area contributed by atoms with Crippen LogP contribution in [-0.2, 0) is 16.0 Å². The summed E-state index contributed by atoms with van der Waals surface area (Å²) in [4.78, 5) is 26.1. The van der Waals surface area contributed by atoms with Crippen molar-refractivity contribution in [3.63, 3.8) is 0 Å². The number of piperidine rings is 1. The Morgan fingerprint density at radius 1 is 1.03 bits per heavy atom. The summed E-state index contributed by atoms with van der Waals surface area (Å²) in [6, 6.07) is 14.8. The van der Waals surface area contributed by atoms with E-state index in [1.54, 1.807) is 31.4 Å². The van der Waals surface area contributed by atoms with Crippen LogP contribution < -0.4 is 10.1 Å². The number of esters is 1. The minimum Gasteiger partial charge on any atom is -0.490 e. The van der Waals surface area contributed by atoms with Gasteiger partial charge in [-0.15, -0.1) is 0 Å². The van der Waals surface area contributed by atoms with Crippen molar-refractivity contribution in [1.82, 2.24) is 10.2 Å². The molecule has 7 nitrogen and oxygen atoms in total. The van der Waals surface area contributed by atoms with Crippen LogP contribution in [0.25, 0.3) is 0 Å². The molecule has 0 aromatic heterocycles. The first-order chi connectivity index (χ1) is 15.1. The zero-order valence-corrected chi connectivity index (χ0v) is 18.1. The van der Waals surface area contributed by atoms with E-state index < -0.39 is 0 Å². The number of carbonyl (C=O) groups is 2. The molecule has 0 aliphatic carbocycles. The number of rotatable bonds is 9. The zero-order chi connectivity index (χ0) is 22.1. The first kappa shape index (κ1) is 22.8. The zero-order valence-electron chi connectivity index (χ0n) is 18.1. The van der Waals surface area contributed by atoms with Crippen LogP contribution in [0.4, 0.5) is 0 Å². The Labute approximate surface area is 183 Å². The van der Waals surface area contributed by atoms with Gasteiger partial charge in [0.15, 0.2) is 0 Å². The molecule has 1 aliphatic rings. The summed E-state index contributed by atoms with van der Waals surface area (Å²) in [5.74, 6) is 0.271. The number of likely N-dealkylation sites (tertiary alicyclic amines) is 1. The van der Waals surface area contributed by atoms with Crippen molar-refractivity contribution >= 4 is 11.9 Å². The smallest absolute Gasteiger partial charge is 0.337 e. The van der Waals surface area contributed by atoms with Crippen molar-refractivity contribution < 1.29 is 23.8 Å². The number of carbonyl (C=O) groups excluding carboxylic acids is 2. The van der Waals surface area contributed by atoms with Gasteiger partial charge < -0.3 is 19.5 Å². The summed E-state index contributed by atoms with van der Waals surface area (Å²) in [6.45, 7) is 3.66. The predicted molar refractivity (Wildman–Crippen MR) is 117 cm³/mol. The summed E-state index contributed by atoms with van der Waals surface area (Å²) < 4.78 is 15.8. The Hall–Kier alpha value is -2.90. The van der Waals surface area contributed by atoms with Crippen LogP contribution in [0, 0.1) is 0 Å². The first-order valence-corrected chi connectivity index (χ1v) is 10.5. The van der Waals surface area contributed by atoms with E-state index in [-0.39, 0.29) is 18.0 Å². The molecule has 166 valence electrons. The van der Waals surface area contributed by atoms with Gasteiger partial charge in [-0.2, -0.15) is 0 Å². The number of benzene rings is 2. The highest BCUT2D eigenvalue weighted by Gasteiger charge is 2.21. The fourth-order valence-electron chi connectivity index (χ4n) is 3.58. The molecule has 0 spiro atoms. The SMILES string of the molecule is COCCNC(=O)c1cccc(OC2CCN(Cc3ccc(C(=O)OC)cc3)CC2)c1. The lowest BCUT2D eigenvalue weighted by molar-refractivity contribution is 0.0600. The van der Waals surface area contributed by atoms with Gasteiger partial charge in [-0.1, -0.05) is 18.2 Å². The number of ether oxygens (including phenoxy) is 3. The molecule has 1 N–H and O–H groups in total. The summed E-state index contributed by atoms with van der Waals surface area (Å²) in [6.07, 6.45) is 1.97. The fraction of sp³-hybridized carbons (Fsp3) is 0.417. The highest BCUT2D eigenvalue weighted by molar-refractivity contribution is 5.94. The minimum atomic E-state index is -0.318. The number of nitrogens with zero attached hydrogens (tertiary/aromatic N) is 1. The van der Waals surface area contributed by atoms with Crippen molar-refractivity contribution in [3.8, 4) is 5.75 Å². The Kier molecular flexibility index (Phi) is 8.44. The lowest BCUT2D eigenvalue weighted by atomic mass is 10.1. The van der Waals surface area contributed by atoms with Crippen molar-refractivity contribution in [2.24, 2.45) is 0 Å². The summed E-state index contributed by atoms with van der Waals surface area (Å²) in [5.41, 5.74) is 2.31. The summed E-state index contributed by atoms with van der Waals surface area (Å²) in [7, 11) is 2.99. The van der Waals surface area contributed by atoms with Crippen LogP contribution in [-0.4, -0.2) is 63.3 Å². The second-order valence-electron chi connectivity index (χ2n) is 7.56. The van der Waals surface area contributed by atoms with E-state index in [4.69, 9.17) is 14.2 Å². The molecule has 1 fully saturated rings. The quantitative estimate of drug-likeness (QED) is 0.491. The van der Waals surface area contributed by atoms with Gasteiger partial charge in [-0.3, -0.25) is 9.69 Å². The van der Waals surface area contributed by atoms with E-state index >= 15 is 0 Å². The summed E-state index contributed by atoms with van der Waals surface area (Å²) >= 11 is 0. The van der Waals surface area contributed by atoms with Crippen molar-refractivity contribution in [3.05, 3.63) is 65.2 Å². The second-order valence-corrected chi connectivity index (χ2v) is 7.56. The van der Waals surface area contributed by atoms with E-state index in [0.717, 1.165) is 38.2 Å². The molecular formula is C24H30N2O5. The Morgan fingerprint density at radius 2 is 1.77 bits per heavy atom. The monoisotopic (exact) mass is 426 g/mol. The van der Waals surface area contributed by atoms with Gasteiger partial charge >= 0.3 is 5.97 Å². The Morgan fingerprint density at radius 3 is 2.45 bits per heavy atom. The lowest BCUT2D eigenvalue weighted by Gasteiger charge is -2.32. The van der Waals surface area contributed by atoms with Gasteiger partial charge in [0, 0.05) is 38.9 Å². The molecular weight excluding hydrogens is 396 g/mol. The number of hydrogen-bond donors (Lipinski definition) is 1. The van der Waals surface area contributed by atoms with Crippen LogP contribution in [0.2, 0.25) is 0 Å². The molecule has 0 bridgehead atoms. The topological polar surface area (TPSA) is 77.1 Å². The van der Waals surface area contributed by atoms with E-state index in [0.29, 0.717) is 24.3 Å². The normalized spacial score (nSPS) is 14.8. The number of methoxy groups -OCH3 is 2. The van der Waals surface area contributed by atoms with Crippen molar-refractivity contribution in [1.29, 1.82) is 0 Å². The van der Waals surface area contributed by atoms with Gasteiger partial charge in [-0.05, 0) is 48.7 Å². The molecule has 7 heteroatoms. The number of nitrogens with one attached hydrogen (secondary N) is 1. The predicted octanol–water partition coefficient (Wildman–Crippen LogP) is 2.89. The highest BCUT2D eigenvalue weighted by atomic mass is 16.5. The standard InChI is InChI=1S/C24H30N2O5/c1-29-15-12-25-23(27)20-4-3-5-22(16-20)31-21-10-13-26(14-11-21)17-18-6-8-19(9-7-18)24(28)30-2/h3-9,16,21H,10-15,17H2,1-2H3,(H,25,27). The van der Waals surface area contributed by atoms with Crippen LogP contribution in [0.15, 0.2) is 48.5 Å². The molecule has 0 atom stereocenters. The average Bonchev–Trinajstić information content (AvgIpc) is 2.80. The fourth-order valence-corrected chi connectivity index (χ4v) is 3.58. The van der Waals surface area contributed by atoms with Crippen LogP contribution in [0.1, 0.15) is 39.1 Å². The Bertz CT molecular complexity index is 861. The van der Waals surface area contributed by atoms with Gasteiger partial charge in [-0.25, -0.2) is 4.79 Å². The summed E-state index contributed by atoms with van der Waals surface area (Å²) in [5, 5.41) is 2.82. The molecule has 1 aliphatic heterocycles. The van der Waals surface area contributed by atoms with Crippen LogP contribution >= 0.6 is 0 Å². The second kappa shape index (κ2) is 11.5. The van der Waals surface area contributed by atoms with E-state index in [1.807, 2.05) is 24.3 Å². The lowest BCUT2D eigenvalue weighted by Crippen LogP contribution is -2.37. The van der Waals surface area contributed by atoms with E-state index in [2.05, 4.69) is 10.2 Å². The third-order valence-electron chi connectivity index (χ3n) is 5.31. The molecule has 3 rings (SSSR count). The number of hydrogen-bond acceptors (Lipinski definition) is 6. The maximum Gasteiger partial charge on any atom is 0.337 e. The van der Waals surface area contributed by atoms with E-state index in [9.17, 15) is 9.59 Å². The molecule has 1 heterocycles. The van der Waals surface area contributed by atoms with Gasteiger partial charge in [0.2, 0.25) is 0 Å². The molecule has 1 saturated heterocycles. The largest absolute Gasteiger partial charge is 0.490 e. The molecule has 1 amide bonds. The van der Waals surface area contributed by atoms with Crippen LogP contribution in [0.5, 0.6) is 5.75 Å². The van der Waals surface area contributed by atoms with Gasteiger partial charge in [0.25, 0.3) is 5.91 Å². The molecule has 31 heavy (non-hydrogen) atoms. The number of amides is 1. The molecule has 0 saturated carbocycles. The maximum absolute atomic E-state index is 12.2. The molecule has 0 unspecified atom stereocenters. The molecule has 2 aromatic carbocycles. The van der Waals surface area contributed by atoms with E-state index in [1.165, 1.54) is 12.7 Å². The van der Waals surface area contributed by atoms with Crippen molar-refractivity contribution in [2.75, 3.05) is 40.5 Å². The molecule has 2 aromatic rings. The first-order valence-electron chi connectivity index (χ1n) is 10.5. The van der Waals surface area contributed by atoms with Gasteiger partial charge in [0.1, 0.15) is 11.9 Å². The van der Waals surface area contributed by atoms with Crippen molar-refractivity contribution in [2.45, 2.75) is 25.5 Å². The minimum absolute atomic E-state index is 0.129. The maximum atomic E-state index is 12.2. The third kappa shape index (κ3) is 6.80. The third-order valence-corrected chi connectivity index (χ3v) is 5.31.